The zero-order chi connectivity index (χ0) is 17.6. The van der Waals surface area contributed by atoms with E-state index in [0.717, 1.165) is 42.5 Å². The van der Waals surface area contributed by atoms with Crippen LogP contribution < -0.4 is 5.32 Å². The molecule has 0 aliphatic carbocycles. The summed E-state index contributed by atoms with van der Waals surface area (Å²) in [4.78, 5) is 19.2. The van der Waals surface area contributed by atoms with Crippen LogP contribution in [0.2, 0.25) is 0 Å². The zero-order valence-corrected chi connectivity index (χ0v) is 15.6. The van der Waals surface area contributed by atoms with E-state index in [-0.39, 0.29) is 11.9 Å². The third-order valence-corrected chi connectivity index (χ3v) is 5.19. The molecular formula is C18H25N3O3S. The maximum atomic E-state index is 12.4. The van der Waals surface area contributed by atoms with Gasteiger partial charge in [-0.2, -0.15) is 0 Å². The maximum absolute atomic E-state index is 12.4. The molecule has 1 atom stereocenters. The second-order valence-corrected chi connectivity index (χ2v) is 7.14. The molecule has 7 heteroatoms. The van der Waals surface area contributed by atoms with Crippen LogP contribution >= 0.6 is 11.3 Å². The number of thiazole rings is 1. The van der Waals surface area contributed by atoms with Gasteiger partial charge in [0.25, 0.3) is 5.91 Å². The molecule has 25 heavy (non-hydrogen) atoms. The van der Waals surface area contributed by atoms with E-state index in [2.05, 4.69) is 22.1 Å². The fraction of sp³-hybridized carbons (Fsp3) is 0.556. The molecule has 2 aromatic rings. The van der Waals surface area contributed by atoms with Gasteiger partial charge in [-0.15, -0.1) is 11.3 Å². The number of rotatable bonds is 7. The number of aryl methyl sites for hydroxylation is 2. The number of furan rings is 1. The fourth-order valence-electron chi connectivity index (χ4n) is 2.96. The van der Waals surface area contributed by atoms with E-state index in [4.69, 9.17) is 9.15 Å². The van der Waals surface area contributed by atoms with E-state index >= 15 is 0 Å². The number of carbonyl (C=O) groups is 1. The summed E-state index contributed by atoms with van der Waals surface area (Å²) in [6.45, 7) is 7.61. The molecule has 0 bridgehead atoms. The number of hydrogen-bond donors (Lipinski definition) is 1. The molecule has 0 spiro atoms. The summed E-state index contributed by atoms with van der Waals surface area (Å²) in [6.07, 6.45) is 1.95. The van der Waals surface area contributed by atoms with Crippen molar-refractivity contribution in [2.24, 2.45) is 0 Å². The predicted octanol–water partition coefficient (Wildman–Crippen LogP) is 2.80. The molecule has 1 aliphatic rings. The highest BCUT2D eigenvalue weighted by Gasteiger charge is 2.26. The summed E-state index contributed by atoms with van der Waals surface area (Å²) >= 11 is 1.55. The first-order chi connectivity index (χ1) is 12.2. The number of nitrogens with one attached hydrogen (secondary N) is 1. The van der Waals surface area contributed by atoms with Crippen LogP contribution in [0.5, 0.6) is 0 Å². The minimum Gasteiger partial charge on any atom is -0.465 e. The summed E-state index contributed by atoms with van der Waals surface area (Å²) in [5, 5.41) is 5.87. The van der Waals surface area contributed by atoms with Crippen LogP contribution in [0.15, 0.2) is 21.9 Å². The molecule has 6 nitrogen and oxygen atoms in total. The second-order valence-electron chi connectivity index (χ2n) is 6.20. The number of nitrogens with zero attached hydrogens (tertiary/aromatic N) is 2. The van der Waals surface area contributed by atoms with Crippen molar-refractivity contribution in [3.8, 4) is 0 Å². The Labute approximate surface area is 152 Å². The van der Waals surface area contributed by atoms with E-state index in [0.29, 0.717) is 25.5 Å². The molecule has 0 aromatic carbocycles. The first kappa shape index (κ1) is 18.1. The highest BCUT2D eigenvalue weighted by Crippen LogP contribution is 2.23. The van der Waals surface area contributed by atoms with E-state index in [9.17, 15) is 4.79 Å². The van der Waals surface area contributed by atoms with Gasteiger partial charge >= 0.3 is 0 Å². The second kappa shape index (κ2) is 8.60. The van der Waals surface area contributed by atoms with Crippen molar-refractivity contribution >= 4 is 17.2 Å². The SMILES string of the molecule is CCCc1nc(C(=O)NC[C@H](c2ccc(C)o2)N2CCOCC2)cs1. The van der Waals surface area contributed by atoms with Gasteiger partial charge in [0.15, 0.2) is 0 Å². The molecule has 0 radical (unpaired) electrons. The van der Waals surface area contributed by atoms with Gasteiger partial charge in [-0.1, -0.05) is 6.92 Å². The van der Waals surface area contributed by atoms with E-state index in [1.165, 1.54) is 0 Å². The van der Waals surface area contributed by atoms with Crippen LogP contribution in [0.3, 0.4) is 0 Å². The molecule has 136 valence electrons. The van der Waals surface area contributed by atoms with Gasteiger partial charge < -0.3 is 14.5 Å². The van der Waals surface area contributed by atoms with Crippen LogP contribution in [-0.2, 0) is 11.2 Å². The Hall–Kier alpha value is -1.70. The smallest absolute Gasteiger partial charge is 0.270 e. The minimum absolute atomic E-state index is 0.00954. The molecular weight excluding hydrogens is 338 g/mol. The lowest BCUT2D eigenvalue weighted by Gasteiger charge is -2.33. The molecule has 3 rings (SSSR count). The average molecular weight is 363 g/mol. The van der Waals surface area contributed by atoms with Gasteiger partial charge in [0, 0.05) is 25.0 Å². The first-order valence-electron chi connectivity index (χ1n) is 8.78. The molecule has 1 aliphatic heterocycles. The molecule has 1 saturated heterocycles. The summed E-state index contributed by atoms with van der Waals surface area (Å²) in [6, 6.07) is 3.96. The maximum Gasteiger partial charge on any atom is 0.270 e. The molecule has 0 saturated carbocycles. The van der Waals surface area contributed by atoms with E-state index < -0.39 is 0 Å². The number of morpholine rings is 1. The van der Waals surface area contributed by atoms with E-state index in [1.54, 1.807) is 11.3 Å². The van der Waals surface area contributed by atoms with Gasteiger partial charge in [-0.3, -0.25) is 9.69 Å². The van der Waals surface area contributed by atoms with Crippen molar-refractivity contribution in [3.05, 3.63) is 39.7 Å². The molecule has 1 amide bonds. The van der Waals surface area contributed by atoms with E-state index in [1.807, 2.05) is 24.4 Å². The minimum atomic E-state index is -0.125. The molecule has 0 unspecified atom stereocenters. The Morgan fingerprint density at radius 1 is 1.40 bits per heavy atom. The topological polar surface area (TPSA) is 67.6 Å². The number of amides is 1. The molecule has 1 N–H and O–H groups in total. The quantitative estimate of drug-likeness (QED) is 0.819. The lowest BCUT2D eigenvalue weighted by Crippen LogP contribution is -2.43. The standard InChI is InChI=1S/C18H25N3O3S/c1-3-4-17-20-14(12-25-17)18(22)19-11-15(16-6-5-13(2)24-16)21-7-9-23-10-8-21/h5-6,12,15H,3-4,7-11H2,1-2H3,(H,19,22)/t15-/m1/s1. The Balaban J connectivity index is 1.66. The Morgan fingerprint density at radius 3 is 2.88 bits per heavy atom. The summed E-state index contributed by atoms with van der Waals surface area (Å²) in [5.41, 5.74) is 0.504. The normalized spacial score (nSPS) is 16.7. The van der Waals surface area contributed by atoms with Crippen molar-refractivity contribution < 1.29 is 13.9 Å². The van der Waals surface area contributed by atoms with Crippen LogP contribution in [0, 0.1) is 6.92 Å². The molecule has 2 aromatic heterocycles. The number of ether oxygens (including phenoxy) is 1. The summed E-state index contributed by atoms with van der Waals surface area (Å²) in [7, 11) is 0. The van der Waals surface area contributed by atoms with Crippen LogP contribution in [0.1, 0.15) is 46.4 Å². The van der Waals surface area contributed by atoms with Crippen molar-refractivity contribution in [2.45, 2.75) is 32.7 Å². The Bertz CT molecular complexity index is 691. The third kappa shape index (κ3) is 4.68. The van der Waals surface area contributed by atoms with Crippen LogP contribution in [-0.4, -0.2) is 48.6 Å². The highest BCUT2D eigenvalue weighted by molar-refractivity contribution is 7.09. The summed E-state index contributed by atoms with van der Waals surface area (Å²) < 4.78 is 11.3. The summed E-state index contributed by atoms with van der Waals surface area (Å²) in [5.74, 6) is 1.63. The molecule has 1 fully saturated rings. The zero-order valence-electron chi connectivity index (χ0n) is 14.8. The van der Waals surface area contributed by atoms with Crippen molar-refractivity contribution in [3.63, 3.8) is 0 Å². The first-order valence-corrected chi connectivity index (χ1v) is 9.66. The number of aromatic nitrogens is 1. The number of carbonyl (C=O) groups excluding carboxylic acids is 1. The van der Waals surface area contributed by atoms with Gasteiger partial charge in [-0.25, -0.2) is 4.98 Å². The van der Waals surface area contributed by atoms with Crippen LogP contribution in [0.4, 0.5) is 0 Å². The molecule has 3 heterocycles. The Morgan fingerprint density at radius 2 is 2.20 bits per heavy atom. The van der Waals surface area contributed by atoms with Crippen molar-refractivity contribution in [1.82, 2.24) is 15.2 Å². The van der Waals surface area contributed by atoms with Crippen LogP contribution in [0.25, 0.3) is 0 Å². The fourth-order valence-corrected chi connectivity index (χ4v) is 3.84. The lowest BCUT2D eigenvalue weighted by atomic mass is 10.1. The van der Waals surface area contributed by atoms with Gasteiger partial charge in [0.2, 0.25) is 0 Å². The van der Waals surface area contributed by atoms with Gasteiger partial charge in [0.05, 0.1) is 24.3 Å². The van der Waals surface area contributed by atoms with Crippen molar-refractivity contribution in [1.29, 1.82) is 0 Å². The predicted molar refractivity (Wildman–Crippen MR) is 97.0 cm³/mol. The highest BCUT2D eigenvalue weighted by atomic mass is 32.1. The van der Waals surface area contributed by atoms with Gasteiger partial charge in [0.1, 0.15) is 17.2 Å². The lowest BCUT2D eigenvalue weighted by molar-refractivity contribution is 0.0117. The Kier molecular flexibility index (Phi) is 6.23. The average Bonchev–Trinajstić information content (AvgIpc) is 3.26. The monoisotopic (exact) mass is 363 g/mol. The van der Waals surface area contributed by atoms with Crippen molar-refractivity contribution in [2.75, 3.05) is 32.8 Å². The number of hydrogen-bond acceptors (Lipinski definition) is 6. The van der Waals surface area contributed by atoms with Gasteiger partial charge in [-0.05, 0) is 31.9 Å². The largest absolute Gasteiger partial charge is 0.465 e. The third-order valence-electron chi connectivity index (χ3n) is 4.28.